The van der Waals surface area contributed by atoms with Gasteiger partial charge in [-0.2, -0.15) is 4.39 Å². The molecule has 2 rings (SSSR count). The van der Waals surface area contributed by atoms with Gasteiger partial charge in [-0.05, 0) is 29.7 Å². The molecule has 0 aliphatic carbocycles. The van der Waals surface area contributed by atoms with Crippen LogP contribution in [0, 0.1) is 15.9 Å². The lowest BCUT2D eigenvalue weighted by molar-refractivity contribution is -0.387. The van der Waals surface area contributed by atoms with Crippen LogP contribution in [-0.4, -0.2) is 4.92 Å². The normalized spacial score (nSPS) is 10.3. The summed E-state index contributed by atoms with van der Waals surface area (Å²) in [5.41, 5.74) is 2.33. The van der Waals surface area contributed by atoms with E-state index >= 15 is 0 Å². The predicted molar refractivity (Wildman–Crippen MR) is 76.2 cm³/mol. The van der Waals surface area contributed by atoms with Crippen molar-refractivity contribution in [2.24, 2.45) is 0 Å². The number of hydrogen-bond acceptors (Lipinski definition) is 3. The van der Waals surface area contributed by atoms with E-state index in [9.17, 15) is 14.5 Å². The molecule has 104 valence electrons. The largest absolute Gasteiger partial charge is 0.381 e. The van der Waals surface area contributed by atoms with Crippen LogP contribution in [0.25, 0.3) is 0 Å². The predicted octanol–water partition coefficient (Wildman–Crippen LogP) is 3.91. The minimum absolute atomic E-state index is 0.517. The van der Waals surface area contributed by atoms with Crippen LogP contribution in [0.15, 0.2) is 42.5 Å². The van der Waals surface area contributed by atoms with Gasteiger partial charge in [0.15, 0.2) is 0 Å². The second kappa shape index (κ2) is 6.14. The number of aryl methyl sites for hydroxylation is 1. The summed E-state index contributed by atoms with van der Waals surface area (Å²) >= 11 is 0. The zero-order chi connectivity index (χ0) is 14.5. The number of nitrogens with one attached hydrogen (secondary N) is 1. The number of benzene rings is 2. The van der Waals surface area contributed by atoms with Crippen molar-refractivity contribution < 1.29 is 9.31 Å². The van der Waals surface area contributed by atoms with Gasteiger partial charge in [0.05, 0.1) is 4.92 Å². The van der Waals surface area contributed by atoms with E-state index in [1.165, 1.54) is 17.7 Å². The maximum Gasteiger partial charge on any atom is 0.306 e. The van der Waals surface area contributed by atoms with Crippen LogP contribution in [-0.2, 0) is 13.0 Å². The molecule has 0 radical (unpaired) electrons. The van der Waals surface area contributed by atoms with Gasteiger partial charge in [-0.1, -0.05) is 31.2 Å². The lowest BCUT2D eigenvalue weighted by atomic mass is 10.1. The summed E-state index contributed by atoms with van der Waals surface area (Å²) in [5, 5.41) is 13.7. The van der Waals surface area contributed by atoms with E-state index in [4.69, 9.17) is 0 Å². The van der Waals surface area contributed by atoms with Gasteiger partial charge in [0.2, 0.25) is 5.82 Å². The molecule has 0 spiro atoms. The summed E-state index contributed by atoms with van der Waals surface area (Å²) in [7, 11) is 0. The molecule has 5 heteroatoms. The number of hydrogen-bond donors (Lipinski definition) is 1. The van der Waals surface area contributed by atoms with Gasteiger partial charge < -0.3 is 5.32 Å². The van der Waals surface area contributed by atoms with Crippen molar-refractivity contribution >= 4 is 11.4 Å². The molecular formula is C15H15FN2O2. The lowest BCUT2D eigenvalue weighted by Gasteiger charge is -2.07. The van der Waals surface area contributed by atoms with E-state index in [0.717, 1.165) is 18.1 Å². The van der Waals surface area contributed by atoms with Crippen LogP contribution >= 0.6 is 0 Å². The fourth-order valence-corrected chi connectivity index (χ4v) is 1.86. The maximum atomic E-state index is 13.2. The third-order valence-electron chi connectivity index (χ3n) is 3.07. The molecule has 4 nitrogen and oxygen atoms in total. The standard InChI is InChI=1S/C15H15FN2O2/c1-2-11-3-5-12(6-4-11)10-17-13-7-8-14(16)15(9-13)18(19)20/h3-9,17H,2,10H2,1H3. The third-order valence-corrected chi connectivity index (χ3v) is 3.07. The molecule has 0 saturated heterocycles. The number of rotatable bonds is 5. The molecule has 0 fully saturated rings. The Bertz CT molecular complexity index is 612. The first kappa shape index (κ1) is 14.0. The van der Waals surface area contributed by atoms with Gasteiger partial charge in [0, 0.05) is 18.3 Å². The van der Waals surface area contributed by atoms with Crippen LogP contribution in [0.5, 0.6) is 0 Å². The van der Waals surface area contributed by atoms with Crippen LogP contribution in [0.4, 0.5) is 15.8 Å². The van der Waals surface area contributed by atoms with Gasteiger partial charge >= 0.3 is 5.69 Å². The average molecular weight is 274 g/mol. The fraction of sp³-hybridized carbons (Fsp3) is 0.200. The fourth-order valence-electron chi connectivity index (χ4n) is 1.86. The van der Waals surface area contributed by atoms with Crippen molar-refractivity contribution in [3.63, 3.8) is 0 Å². The molecule has 20 heavy (non-hydrogen) atoms. The van der Waals surface area contributed by atoms with Crippen molar-refractivity contribution in [3.05, 3.63) is 69.5 Å². The molecule has 0 unspecified atom stereocenters. The summed E-state index contributed by atoms with van der Waals surface area (Å²) in [6.45, 7) is 2.62. The Morgan fingerprint density at radius 1 is 1.15 bits per heavy atom. The van der Waals surface area contributed by atoms with Crippen molar-refractivity contribution in [1.82, 2.24) is 0 Å². The highest BCUT2D eigenvalue weighted by molar-refractivity contribution is 5.52. The van der Waals surface area contributed by atoms with Gasteiger partial charge in [0.1, 0.15) is 0 Å². The van der Waals surface area contributed by atoms with Crippen molar-refractivity contribution in [2.45, 2.75) is 19.9 Å². The van der Waals surface area contributed by atoms with E-state index in [1.54, 1.807) is 0 Å². The van der Waals surface area contributed by atoms with Gasteiger partial charge in [0.25, 0.3) is 0 Å². The Morgan fingerprint density at radius 2 is 1.80 bits per heavy atom. The van der Waals surface area contributed by atoms with Gasteiger partial charge in [-0.25, -0.2) is 0 Å². The number of anilines is 1. The SMILES string of the molecule is CCc1ccc(CNc2ccc(F)c([N+](=O)[O-])c2)cc1. The Kier molecular flexibility index (Phi) is 4.30. The Balaban J connectivity index is 2.06. The van der Waals surface area contributed by atoms with Crippen LogP contribution in [0.3, 0.4) is 0 Å². The quantitative estimate of drug-likeness (QED) is 0.664. The molecule has 0 saturated carbocycles. The topological polar surface area (TPSA) is 55.2 Å². The minimum Gasteiger partial charge on any atom is -0.381 e. The Morgan fingerprint density at radius 3 is 2.40 bits per heavy atom. The monoisotopic (exact) mass is 274 g/mol. The number of nitrogens with zero attached hydrogens (tertiary/aromatic N) is 1. The third kappa shape index (κ3) is 3.32. The van der Waals surface area contributed by atoms with E-state index < -0.39 is 16.4 Å². The molecule has 0 bridgehead atoms. The van der Waals surface area contributed by atoms with E-state index in [-0.39, 0.29) is 0 Å². The first-order valence-corrected chi connectivity index (χ1v) is 6.35. The highest BCUT2D eigenvalue weighted by Gasteiger charge is 2.13. The molecule has 0 atom stereocenters. The number of halogens is 1. The van der Waals surface area contributed by atoms with Gasteiger partial charge in [-0.3, -0.25) is 10.1 Å². The molecule has 2 aromatic rings. The molecule has 1 N–H and O–H groups in total. The van der Waals surface area contributed by atoms with Crippen LogP contribution in [0.1, 0.15) is 18.1 Å². The van der Waals surface area contributed by atoms with Crippen molar-refractivity contribution in [2.75, 3.05) is 5.32 Å². The van der Waals surface area contributed by atoms with Crippen LogP contribution in [0.2, 0.25) is 0 Å². The summed E-state index contributed by atoms with van der Waals surface area (Å²) in [6.07, 6.45) is 0.984. The lowest BCUT2D eigenvalue weighted by Crippen LogP contribution is -2.01. The molecule has 0 heterocycles. The highest BCUT2D eigenvalue weighted by atomic mass is 19.1. The average Bonchev–Trinajstić information content (AvgIpc) is 2.46. The smallest absolute Gasteiger partial charge is 0.306 e. The Labute approximate surface area is 116 Å². The number of nitro groups is 1. The zero-order valence-corrected chi connectivity index (χ0v) is 11.1. The summed E-state index contributed by atoms with van der Waals surface area (Å²) < 4.78 is 13.2. The van der Waals surface area contributed by atoms with E-state index in [1.807, 2.05) is 24.3 Å². The highest BCUT2D eigenvalue weighted by Crippen LogP contribution is 2.22. The van der Waals surface area contributed by atoms with Crippen molar-refractivity contribution in [3.8, 4) is 0 Å². The molecule has 0 aromatic heterocycles. The second-order valence-corrected chi connectivity index (χ2v) is 4.45. The van der Waals surface area contributed by atoms with Crippen molar-refractivity contribution in [1.29, 1.82) is 0 Å². The molecule has 0 amide bonds. The first-order chi connectivity index (χ1) is 9.60. The minimum atomic E-state index is -0.826. The first-order valence-electron chi connectivity index (χ1n) is 6.35. The number of nitro benzene ring substituents is 1. The summed E-state index contributed by atoms with van der Waals surface area (Å²) in [6, 6.07) is 11.9. The zero-order valence-electron chi connectivity index (χ0n) is 11.1. The van der Waals surface area contributed by atoms with Crippen LogP contribution < -0.4 is 5.32 Å². The molecule has 0 aliphatic heterocycles. The molecular weight excluding hydrogens is 259 g/mol. The summed E-state index contributed by atoms with van der Waals surface area (Å²) in [4.78, 5) is 9.93. The summed E-state index contributed by atoms with van der Waals surface area (Å²) in [5.74, 6) is -0.826. The maximum absolute atomic E-state index is 13.2. The molecule has 0 aliphatic rings. The van der Waals surface area contributed by atoms with Gasteiger partial charge in [-0.15, -0.1) is 0 Å². The Hall–Kier alpha value is -2.43. The van der Waals surface area contributed by atoms with E-state index in [0.29, 0.717) is 12.2 Å². The van der Waals surface area contributed by atoms with E-state index in [2.05, 4.69) is 12.2 Å². The molecule has 2 aromatic carbocycles. The second-order valence-electron chi connectivity index (χ2n) is 4.45.